The standard InChI is InChI=1S/C28H27FN6O/c1-3-34(17-20-7-5-4-6-8-20)26(24-16-22-12-9-19(2)15-25(22)30-28(24)36)27-31-32-33-35(27)18-21-10-13-23(29)14-11-21/h4-16,26H,3,17-18H2,1-2H3,(H,30,36)/t26-/m0/s1. The number of benzene rings is 3. The molecule has 5 aromatic rings. The van der Waals surface area contributed by atoms with Crippen molar-refractivity contribution >= 4 is 10.9 Å². The molecule has 0 aliphatic rings. The molecule has 8 heteroatoms. The van der Waals surface area contributed by atoms with Crippen LogP contribution in [0.4, 0.5) is 4.39 Å². The highest BCUT2D eigenvalue weighted by molar-refractivity contribution is 5.79. The monoisotopic (exact) mass is 482 g/mol. The van der Waals surface area contributed by atoms with Gasteiger partial charge in [-0.1, -0.05) is 61.5 Å². The summed E-state index contributed by atoms with van der Waals surface area (Å²) in [5.74, 6) is 0.251. The number of hydrogen-bond donors (Lipinski definition) is 1. The highest BCUT2D eigenvalue weighted by atomic mass is 19.1. The van der Waals surface area contributed by atoms with Crippen molar-refractivity contribution in [2.45, 2.75) is 33.0 Å². The quantitative estimate of drug-likeness (QED) is 0.349. The second-order valence-electron chi connectivity index (χ2n) is 8.92. The average Bonchev–Trinajstić information content (AvgIpc) is 3.33. The summed E-state index contributed by atoms with van der Waals surface area (Å²) in [7, 11) is 0. The molecule has 7 nitrogen and oxygen atoms in total. The predicted molar refractivity (Wildman–Crippen MR) is 137 cm³/mol. The van der Waals surface area contributed by atoms with Gasteiger partial charge in [-0.15, -0.1) is 5.10 Å². The van der Waals surface area contributed by atoms with E-state index in [-0.39, 0.29) is 11.4 Å². The lowest BCUT2D eigenvalue weighted by atomic mass is 10.0. The van der Waals surface area contributed by atoms with Crippen LogP contribution in [-0.2, 0) is 13.1 Å². The van der Waals surface area contributed by atoms with E-state index in [2.05, 4.69) is 44.5 Å². The fourth-order valence-corrected chi connectivity index (χ4v) is 4.52. The molecule has 0 saturated heterocycles. The van der Waals surface area contributed by atoms with E-state index < -0.39 is 6.04 Å². The third kappa shape index (κ3) is 4.94. The van der Waals surface area contributed by atoms with Crippen LogP contribution in [0, 0.1) is 12.7 Å². The summed E-state index contributed by atoms with van der Waals surface area (Å²) < 4.78 is 15.1. The molecule has 2 aromatic heterocycles. The fourth-order valence-electron chi connectivity index (χ4n) is 4.52. The first-order chi connectivity index (χ1) is 17.5. The molecule has 0 amide bonds. The molecule has 36 heavy (non-hydrogen) atoms. The van der Waals surface area contributed by atoms with Gasteiger partial charge in [0.05, 0.1) is 6.54 Å². The largest absolute Gasteiger partial charge is 0.322 e. The van der Waals surface area contributed by atoms with Crippen LogP contribution in [0.3, 0.4) is 0 Å². The summed E-state index contributed by atoms with van der Waals surface area (Å²) in [6.45, 7) is 5.68. The molecular weight excluding hydrogens is 455 g/mol. The summed E-state index contributed by atoms with van der Waals surface area (Å²) in [5, 5.41) is 13.5. The Morgan fingerprint density at radius 3 is 2.53 bits per heavy atom. The number of aromatic nitrogens is 5. The van der Waals surface area contributed by atoms with Gasteiger partial charge in [0.15, 0.2) is 5.82 Å². The van der Waals surface area contributed by atoms with E-state index in [4.69, 9.17) is 0 Å². The average molecular weight is 483 g/mol. The predicted octanol–water partition coefficient (Wildman–Crippen LogP) is 4.62. The van der Waals surface area contributed by atoms with Gasteiger partial charge in [0.1, 0.15) is 11.9 Å². The lowest BCUT2D eigenvalue weighted by Gasteiger charge is -2.30. The molecule has 0 fully saturated rings. The third-order valence-electron chi connectivity index (χ3n) is 6.37. The molecular formula is C28H27FN6O. The number of fused-ring (bicyclic) bond motifs is 1. The summed E-state index contributed by atoms with van der Waals surface area (Å²) in [5.41, 5.74) is 4.23. The van der Waals surface area contributed by atoms with E-state index in [1.807, 2.05) is 49.4 Å². The van der Waals surface area contributed by atoms with Crippen LogP contribution in [-0.4, -0.2) is 36.6 Å². The van der Waals surface area contributed by atoms with Crippen molar-refractivity contribution in [3.05, 3.63) is 123 Å². The van der Waals surface area contributed by atoms with E-state index in [1.54, 1.807) is 16.8 Å². The topological polar surface area (TPSA) is 79.7 Å². The zero-order chi connectivity index (χ0) is 25.1. The second-order valence-corrected chi connectivity index (χ2v) is 8.92. The molecule has 0 aliphatic heterocycles. The highest BCUT2D eigenvalue weighted by Crippen LogP contribution is 2.28. The number of hydrogen-bond acceptors (Lipinski definition) is 5. The molecule has 0 unspecified atom stereocenters. The Hall–Kier alpha value is -4.17. The lowest BCUT2D eigenvalue weighted by molar-refractivity contribution is 0.214. The second kappa shape index (κ2) is 10.2. The van der Waals surface area contributed by atoms with Crippen molar-refractivity contribution in [3.63, 3.8) is 0 Å². The van der Waals surface area contributed by atoms with Crippen molar-refractivity contribution in [3.8, 4) is 0 Å². The molecule has 182 valence electrons. The number of halogens is 1. The number of rotatable bonds is 8. The van der Waals surface area contributed by atoms with Crippen LogP contribution < -0.4 is 5.56 Å². The van der Waals surface area contributed by atoms with E-state index >= 15 is 0 Å². The van der Waals surface area contributed by atoms with Gasteiger partial charge in [-0.05, 0) is 70.2 Å². The summed E-state index contributed by atoms with van der Waals surface area (Å²) in [6, 6.07) is 23.8. The zero-order valence-corrected chi connectivity index (χ0v) is 20.2. The summed E-state index contributed by atoms with van der Waals surface area (Å²) in [6.07, 6.45) is 0. The van der Waals surface area contributed by atoms with Crippen molar-refractivity contribution in [2.24, 2.45) is 0 Å². The summed E-state index contributed by atoms with van der Waals surface area (Å²) in [4.78, 5) is 18.7. The maximum atomic E-state index is 13.5. The molecule has 5 rings (SSSR count). The van der Waals surface area contributed by atoms with Crippen molar-refractivity contribution in [1.82, 2.24) is 30.1 Å². The van der Waals surface area contributed by atoms with Crippen LogP contribution in [0.15, 0.2) is 83.7 Å². The van der Waals surface area contributed by atoms with Gasteiger partial charge in [-0.2, -0.15) is 0 Å². The van der Waals surface area contributed by atoms with Gasteiger partial charge in [0, 0.05) is 17.6 Å². The van der Waals surface area contributed by atoms with Crippen LogP contribution in [0.1, 0.15) is 41.0 Å². The Balaban J connectivity index is 1.63. The molecule has 1 atom stereocenters. The number of pyridine rings is 1. The van der Waals surface area contributed by atoms with Gasteiger partial charge < -0.3 is 4.98 Å². The number of aryl methyl sites for hydroxylation is 1. The van der Waals surface area contributed by atoms with Gasteiger partial charge in [0.25, 0.3) is 5.56 Å². The number of nitrogens with one attached hydrogen (secondary N) is 1. The van der Waals surface area contributed by atoms with Crippen LogP contribution >= 0.6 is 0 Å². The molecule has 0 spiro atoms. The summed E-state index contributed by atoms with van der Waals surface area (Å²) >= 11 is 0. The Labute approximate surface area is 208 Å². The van der Waals surface area contributed by atoms with Gasteiger partial charge in [-0.3, -0.25) is 9.69 Å². The van der Waals surface area contributed by atoms with Gasteiger partial charge in [0.2, 0.25) is 0 Å². The van der Waals surface area contributed by atoms with Crippen molar-refractivity contribution < 1.29 is 4.39 Å². The third-order valence-corrected chi connectivity index (χ3v) is 6.37. The lowest BCUT2D eigenvalue weighted by Crippen LogP contribution is -2.35. The van der Waals surface area contributed by atoms with Gasteiger partial charge >= 0.3 is 0 Å². The van der Waals surface area contributed by atoms with Crippen LogP contribution in [0.2, 0.25) is 0 Å². The molecule has 2 heterocycles. The van der Waals surface area contributed by atoms with E-state index in [0.29, 0.717) is 31.0 Å². The molecule has 0 aliphatic carbocycles. The molecule has 3 aromatic carbocycles. The Morgan fingerprint density at radius 1 is 1.00 bits per heavy atom. The number of aromatic amines is 1. The molecule has 1 N–H and O–H groups in total. The SMILES string of the molecule is CCN(Cc1ccccc1)[C@@H](c1cc2ccc(C)cc2[nH]c1=O)c1nnnn1Cc1ccc(F)cc1. The first-order valence-corrected chi connectivity index (χ1v) is 11.9. The van der Waals surface area contributed by atoms with Crippen molar-refractivity contribution in [2.75, 3.05) is 6.54 Å². The smallest absolute Gasteiger partial charge is 0.253 e. The zero-order valence-electron chi connectivity index (χ0n) is 20.2. The minimum Gasteiger partial charge on any atom is -0.322 e. The number of H-pyrrole nitrogens is 1. The maximum absolute atomic E-state index is 13.5. The van der Waals surface area contributed by atoms with E-state index in [9.17, 15) is 9.18 Å². The fraction of sp³-hybridized carbons (Fsp3) is 0.214. The highest BCUT2D eigenvalue weighted by Gasteiger charge is 2.30. The first-order valence-electron chi connectivity index (χ1n) is 11.9. The molecule has 0 radical (unpaired) electrons. The van der Waals surface area contributed by atoms with Crippen LogP contribution in [0.5, 0.6) is 0 Å². The Kier molecular flexibility index (Phi) is 6.69. The van der Waals surface area contributed by atoms with E-state index in [0.717, 1.165) is 27.6 Å². The van der Waals surface area contributed by atoms with E-state index in [1.165, 1.54) is 12.1 Å². The number of nitrogens with zero attached hydrogens (tertiary/aromatic N) is 5. The Morgan fingerprint density at radius 2 is 1.78 bits per heavy atom. The maximum Gasteiger partial charge on any atom is 0.253 e. The van der Waals surface area contributed by atoms with Crippen molar-refractivity contribution in [1.29, 1.82) is 0 Å². The van der Waals surface area contributed by atoms with Crippen LogP contribution in [0.25, 0.3) is 10.9 Å². The van der Waals surface area contributed by atoms with Gasteiger partial charge in [-0.25, -0.2) is 9.07 Å². The Bertz CT molecular complexity index is 1530. The molecule has 0 bridgehead atoms. The first kappa shape index (κ1) is 23.6. The minimum absolute atomic E-state index is 0.180. The minimum atomic E-state index is -0.500. The number of tetrazole rings is 1. The molecule has 0 saturated carbocycles. The normalized spacial score (nSPS) is 12.3.